The molecule has 0 bridgehead atoms. The molecule has 1 saturated carbocycles. The zero-order chi connectivity index (χ0) is 12.1. The van der Waals surface area contributed by atoms with Crippen molar-refractivity contribution in [1.29, 1.82) is 0 Å². The zero-order valence-corrected chi connectivity index (χ0v) is 11.3. The van der Waals surface area contributed by atoms with Crippen molar-refractivity contribution in [2.45, 2.75) is 64.7 Å². The Labute approximate surface area is 106 Å². The molecule has 2 nitrogen and oxygen atoms in total. The molecule has 2 aliphatic rings. The number of rotatable bonds is 5. The molecule has 0 aromatic heterocycles. The smallest absolute Gasteiger partial charge is 0.139 e. The number of carbonyl (C=O) groups excluding carboxylic acids is 1. The van der Waals surface area contributed by atoms with E-state index in [1.807, 2.05) is 0 Å². The van der Waals surface area contributed by atoms with E-state index in [4.69, 9.17) is 0 Å². The summed E-state index contributed by atoms with van der Waals surface area (Å²) in [6.45, 7) is 4.29. The normalized spacial score (nSPS) is 25.0. The van der Waals surface area contributed by atoms with E-state index in [2.05, 4.69) is 12.2 Å². The van der Waals surface area contributed by atoms with Crippen molar-refractivity contribution in [1.82, 2.24) is 5.32 Å². The third kappa shape index (κ3) is 3.09. The lowest BCUT2D eigenvalue weighted by atomic mass is 9.70. The number of Topliss-reactive ketones (excluding diaryl/α,β-unsaturated/α-hetero) is 1. The Morgan fingerprint density at radius 1 is 1.24 bits per heavy atom. The van der Waals surface area contributed by atoms with Crippen LogP contribution >= 0.6 is 0 Å². The number of hydrogen-bond acceptors (Lipinski definition) is 2. The van der Waals surface area contributed by atoms with Gasteiger partial charge in [0.15, 0.2) is 0 Å². The van der Waals surface area contributed by atoms with Crippen molar-refractivity contribution in [2.24, 2.45) is 11.3 Å². The molecule has 0 spiro atoms. The monoisotopic (exact) mass is 237 g/mol. The molecule has 1 saturated heterocycles. The molecule has 0 aromatic rings. The summed E-state index contributed by atoms with van der Waals surface area (Å²) in [5, 5.41) is 3.39. The lowest BCUT2D eigenvalue weighted by Crippen LogP contribution is -2.42. The maximum Gasteiger partial charge on any atom is 0.139 e. The Balaban J connectivity index is 1.96. The van der Waals surface area contributed by atoms with Gasteiger partial charge in [0, 0.05) is 11.8 Å². The second-order valence-electron chi connectivity index (χ2n) is 6.06. The van der Waals surface area contributed by atoms with E-state index in [0.717, 1.165) is 45.2 Å². The van der Waals surface area contributed by atoms with Crippen LogP contribution in [0.15, 0.2) is 0 Å². The average molecular weight is 237 g/mol. The van der Waals surface area contributed by atoms with Gasteiger partial charge >= 0.3 is 0 Å². The van der Waals surface area contributed by atoms with Crippen LogP contribution in [0.2, 0.25) is 0 Å². The van der Waals surface area contributed by atoms with E-state index in [1.165, 1.54) is 25.7 Å². The second-order valence-corrected chi connectivity index (χ2v) is 6.06. The lowest BCUT2D eigenvalue weighted by Gasteiger charge is -2.37. The third-order valence-electron chi connectivity index (χ3n) is 4.83. The first-order valence-corrected chi connectivity index (χ1v) is 7.51. The SMILES string of the molecule is CCCC1(C(=O)CC2CCCC2)CCNCC1. The van der Waals surface area contributed by atoms with Crippen LogP contribution in [-0.2, 0) is 4.79 Å². The topological polar surface area (TPSA) is 29.1 Å². The predicted molar refractivity (Wildman–Crippen MR) is 71.0 cm³/mol. The van der Waals surface area contributed by atoms with Crippen LogP contribution in [0.4, 0.5) is 0 Å². The number of hydrogen-bond donors (Lipinski definition) is 1. The average Bonchev–Trinajstić information content (AvgIpc) is 2.83. The highest BCUT2D eigenvalue weighted by Gasteiger charge is 2.38. The highest BCUT2D eigenvalue weighted by atomic mass is 16.1. The van der Waals surface area contributed by atoms with Gasteiger partial charge in [0.1, 0.15) is 5.78 Å². The quantitative estimate of drug-likeness (QED) is 0.795. The summed E-state index contributed by atoms with van der Waals surface area (Å²) in [7, 11) is 0. The van der Waals surface area contributed by atoms with Gasteiger partial charge in [-0.1, -0.05) is 39.0 Å². The van der Waals surface area contributed by atoms with Gasteiger partial charge in [-0.2, -0.15) is 0 Å². The Morgan fingerprint density at radius 2 is 1.88 bits per heavy atom. The minimum atomic E-state index is 0.0442. The van der Waals surface area contributed by atoms with Gasteiger partial charge in [0.2, 0.25) is 0 Å². The Bertz CT molecular complexity index is 244. The van der Waals surface area contributed by atoms with E-state index in [1.54, 1.807) is 0 Å². The van der Waals surface area contributed by atoms with Crippen molar-refractivity contribution in [3.63, 3.8) is 0 Å². The van der Waals surface area contributed by atoms with Crippen LogP contribution in [-0.4, -0.2) is 18.9 Å². The van der Waals surface area contributed by atoms with Gasteiger partial charge < -0.3 is 5.32 Å². The third-order valence-corrected chi connectivity index (χ3v) is 4.83. The van der Waals surface area contributed by atoms with Crippen LogP contribution < -0.4 is 5.32 Å². The molecule has 0 aromatic carbocycles. The molecule has 0 radical (unpaired) electrons. The number of piperidine rings is 1. The number of carbonyl (C=O) groups is 1. The first-order valence-electron chi connectivity index (χ1n) is 7.51. The van der Waals surface area contributed by atoms with E-state index in [0.29, 0.717) is 11.7 Å². The van der Waals surface area contributed by atoms with Gasteiger partial charge in [-0.25, -0.2) is 0 Å². The molecule has 2 fully saturated rings. The standard InChI is InChI=1S/C15H27NO/c1-2-7-15(8-10-16-11-9-15)14(17)12-13-5-3-4-6-13/h13,16H,2-12H2,1H3. The molecule has 17 heavy (non-hydrogen) atoms. The highest BCUT2D eigenvalue weighted by Crippen LogP contribution is 2.39. The molecule has 0 amide bonds. The number of nitrogens with one attached hydrogen (secondary N) is 1. The summed E-state index contributed by atoms with van der Waals surface area (Å²) in [5.41, 5.74) is 0.0442. The highest BCUT2D eigenvalue weighted by molar-refractivity contribution is 5.85. The molecule has 98 valence electrons. The van der Waals surface area contributed by atoms with Crippen molar-refractivity contribution < 1.29 is 4.79 Å². The van der Waals surface area contributed by atoms with Crippen molar-refractivity contribution in [3.05, 3.63) is 0 Å². The Morgan fingerprint density at radius 3 is 2.47 bits per heavy atom. The molecular weight excluding hydrogens is 210 g/mol. The number of ketones is 1. The minimum Gasteiger partial charge on any atom is -0.317 e. The van der Waals surface area contributed by atoms with E-state index in [-0.39, 0.29) is 5.41 Å². The molecule has 0 atom stereocenters. The molecule has 2 heteroatoms. The summed E-state index contributed by atoms with van der Waals surface area (Å²) in [4.78, 5) is 12.6. The Kier molecular flexibility index (Phi) is 4.61. The van der Waals surface area contributed by atoms with Crippen LogP contribution in [0, 0.1) is 11.3 Å². The molecule has 1 heterocycles. The molecule has 1 aliphatic heterocycles. The van der Waals surface area contributed by atoms with Gasteiger partial charge in [0.05, 0.1) is 0 Å². The van der Waals surface area contributed by atoms with E-state index >= 15 is 0 Å². The lowest BCUT2D eigenvalue weighted by molar-refractivity contribution is -0.131. The van der Waals surface area contributed by atoms with Gasteiger partial charge in [-0.3, -0.25) is 4.79 Å². The Hall–Kier alpha value is -0.370. The van der Waals surface area contributed by atoms with Crippen molar-refractivity contribution in [3.8, 4) is 0 Å². The summed E-state index contributed by atoms with van der Waals surface area (Å²) >= 11 is 0. The molecule has 1 aliphatic carbocycles. The fraction of sp³-hybridized carbons (Fsp3) is 0.933. The molecular formula is C15H27NO. The van der Waals surface area contributed by atoms with Crippen LogP contribution in [0.5, 0.6) is 0 Å². The fourth-order valence-electron chi connectivity index (χ4n) is 3.75. The first-order chi connectivity index (χ1) is 8.27. The minimum absolute atomic E-state index is 0.0442. The maximum atomic E-state index is 12.6. The molecule has 1 N–H and O–H groups in total. The van der Waals surface area contributed by atoms with Crippen LogP contribution in [0.25, 0.3) is 0 Å². The zero-order valence-electron chi connectivity index (χ0n) is 11.3. The second kappa shape index (κ2) is 5.99. The summed E-state index contributed by atoms with van der Waals surface area (Å²) in [6.07, 6.45) is 10.6. The first kappa shape index (κ1) is 13.1. The van der Waals surface area contributed by atoms with Crippen LogP contribution in [0.1, 0.15) is 64.7 Å². The molecule has 2 rings (SSSR count). The van der Waals surface area contributed by atoms with E-state index < -0.39 is 0 Å². The largest absolute Gasteiger partial charge is 0.317 e. The predicted octanol–water partition coefficient (Wildman–Crippen LogP) is 3.31. The summed E-state index contributed by atoms with van der Waals surface area (Å²) in [5.74, 6) is 1.30. The summed E-state index contributed by atoms with van der Waals surface area (Å²) in [6, 6.07) is 0. The van der Waals surface area contributed by atoms with Crippen LogP contribution in [0.3, 0.4) is 0 Å². The van der Waals surface area contributed by atoms with E-state index in [9.17, 15) is 4.79 Å². The van der Waals surface area contributed by atoms with Gasteiger partial charge in [0.25, 0.3) is 0 Å². The maximum absolute atomic E-state index is 12.6. The molecule has 0 unspecified atom stereocenters. The van der Waals surface area contributed by atoms with Crippen molar-refractivity contribution in [2.75, 3.05) is 13.1 Å². The van der Waals surface area contributed by atoms with Crippen molar-refractivity contribution >= 4 is 5.78 Å². The van der Waals surface area contributed by atoms with Gasteiger partial charge in [-0.15, -0.1) is 0 Å². The summed E-state index contributed by atoms with van der Waals surface area (Å²) < 4.78 is 0. The van der Waals surface area contributed by atoms with Gasteiger partial charge in [-0.05, 0) is 38.3 Å². The fourth-order valence-corrected chi connectivity index (χ4v) is 3.75.